The van der Waals surface area contributed by atoms with Gasteiger partial charge in [-0.25, -0.2) is 0 Å². The molecule has 0 saturated carbocycles. The summed E-state index contributed by atoms with van der Waals surface area (Å²) in [6.07, 6.45) is 3.45. The Hall–Kier alpha value is -1.56. The first-order valence-electron chi connectivity index (χ1n) is 10.3. The highest BCUT2D eigenvalue weighted by Gasteiger charge is 2.12. The fourth-order valence-electron chi connectivity index (χ4n) is 3.00. The molecule has 25 heavy (non-hydrogen) atoms. The summed E-state index contributed by atoms with van der Waals surface area (Å²) in [4.78, 5) is 0. The van der Waals surface area contributed by atoms with Gasteiger partial charge in [-0.2, -0.15) is 0 Å². The first kappa shape index (κ1) is 23.4. The largest absolute Gasteiger partial charge is 0.0683 e. The minimum absolute atomic E-state index is 0.636. The lowest BCUT2D eigenvalue weighted by atomic mass is 9.87. The summed E-state index contributed by atoms with van der Waals surface area (Å²) in [6.45, 7) is 17.2. The lowest BCUT2D eigenvalue weighted by molar-refractivity contribution is 0.715. The lowest BCUT2D eigenvalue weighted by Crippen LogP contribution is -2.03. The van der Waals surface area contributed by atoms with Crippen molar-refractivity contribution in [2.75, 3.05) is 0 Å². The van der Waals surface area contributed by atoms with Gasteiger partial charge in [0.05, 0.1) is 0 Å². The van der Waals surface area contributed by atoms with Crippen molar-refractivity contribution in [1.29, 1.82) is 0 Å². The fraction of sp³-hybridized carbons (Fsp3) is 0.520. The van der Waals surface area contributed by atoms with E-state index in [1.807, 2.05) is 27.7 Å². The molecule has 0 aliphatic heterocycles. The van der Waals surface area contributed by atoms with Gasteiger partial charge in [0.2, 0.25) is 0 Å². The van der Waals surface area contributed by atoms with E-state index in [1.54, 1.807) is 0 Å². The van der Waals surface area contributed by atoms with Crippen LogP contribution < -0.4 is 0 Å². The average Bonchev–Trinajstić information content (AvgIpc) is 2.70. The van der Waals surface area contributed by atoms with Gasteiger partial charge >= 0.3 is 0 Å². The molecule has 0 spiro atoms. The number of rotatable bonds is 6. The Morgan fingerprint density at radius 2 is 0.920 bits per heavy atom. The highest BCUT2D eigenvalue weighted by Crippen LogP contribution is 2.28. The molecule has 2 aromatic rings. The van der Waals surface area contributed by atoms with Crippen LogP contribution in [0.4, 0.5) is 0 Å². The van der Waals surface area contributed by atoms with Crippen molar-refractivity contribution in [2.45, 2.75) is 86.5 Å². The first-order valence-corrected chi connectivity index (χ1v) is 10.3. The molecular weight excluding hydrogens is 300 g/mol. The zero-order valence-electron chi connectivity index (χ0n) is 17.9. The topological polar surface area (TPSA) is 0 Å². The molecule has 0 saturated heterocycles. The third-order valence-electron chi connectivity index (χ3n) is 4.78. The minimum Gasteiger partial charge on any atom is -0.0683 e. The fourth-order valence-corrected chi connectivity index (χ4v) is 3.00. The Morgan fingerprint density at radius 1 is 0.600 bits per heavy atom. The molecule has 0 aliphatic carbocycles. The molecule has 0 aromatic heterocycles. The first-order chi connectivity index (χ1) is 12.2. The molecule has 2 rings (SSSR count). The normalized spacial score (nSPS) is 12.2. The average molecular weight is 341 g/mol. The Kier molecular flexibility index (Phi) is 12.8. The van der Waals surface area contributed by atoms with E-state index in [1.165, 1.54) is 35.1 Å². The van der Waals surface area contributed by atoms with E-state index >= 15 is 0 Å². The van der Waals surface area contributed by atoms with E-state index in [0.717, 1.165) is 6.42 Å². The number of hydrogen-bond acceptors (Lipinski definition) is 0. The molecule has 140 valence electrons. The van der Waals surface area contributed by atoms with Crippen LogP contribution in [0.1, 0.15) is 102 Å². The molecular formula is C25H40. The van der Waals surface area contributed by atoms with E-state index in [-0.39, 0.29) is 0 Å². The van der Waals surface area contributed by atoms with Gasteiger partial charge in [0.1, 0.15) is 0 Å². The standard InChI is InChI=1S/C21H28.2C2H6/c1-5-16(3)20-13-9-7-11-18(20)15-19-12-8-10-14-21(19)17(4)6-2;2*1-2/h7-14,16-17H,5-6,15H2,1-4H3;2*1-2H3. The van der Waals surface area contributed by atoms with E-state index in [9.17, 15) is 0 Å². The molecule has 0 fully saturated rings. The van der Waals surface area contributed by atoms with Crippen LogP contribution in [0.5, 0.6) is 0 Å². The second kappa shape index (κ2) is 13.7. The van der Waals surface area contributed by atoms with Gasteiger partial charge < -0.3 is 0 Å². The van der Waals surface area contributed by atoms with Crippen LogP contribution in [0, 0.1) is 0 Å². The Bertz CT molecular complexity index is 516. The Balaban J connectivity index is 0.00000134. The van der Waals surface area contributed by atoms with E-state index in [4.69, 9.17) is 0 Å². The Morgan fingerprint density at radius 3 is 1.24 bits per heavy atom. The highest BCUT2D eigenvalue weighted by molar-refractivity contribution is 5.39. The maximum Gasteiger partial charge on any atom is -0.00201 e. The summed E-state index contributed by atoms with van der Waals surface area (Å²) < 4.78 is 0. The maximum absolute atomic E-state index is 2.33. The van der Waals surface area contributed by atoms with Gasteiger partial charge in [-0.3, -0.25) is 0 Å². The van der Waals surface area contributed by atoms with Gasteiger partial charge in [-0.15, -0.1) is 0 Å². The van der Waals surface area contributed by atoms with Crippen LogP contribution in [0.15, 0.2) is 48.5 Å². The van der Waals surface area contributed by atoms with Crippen molar-refractivity contribution in [2.24, 2.45) is 0 Å². The van der Waals surface area contributed by atoms with Crippen molar-refractivity contribution in [3.63, 3.8) is 0 Å². The quantitative estimate of drug-likeness (QED) is 0.495. The second-order valence-corrected chi connectivity index (χ2v) is 6.19. The minimum atomic E-state index is 0.636. The molecule has 0 amide bonds. The number of benzene rings is 2. The van der Waals surface area contributed by atoms with Gasteiger partial charge in [0.25, 0.3) is 0 Å². The Labute approximate surface area is 157 Å². The molecule has 2 aromatic carbocycles. The smallest absolute Gasteiger partial charge is 0.00201 e. The van der Waals surface area contributed by atoms with Crippen LogP contribution >= 0.6 is 0 Å². The highest BCUT2D eigenvalue weighted by atomic mass is 14.2. The number of hydrogen-bond donors (Lipinski definition) is 0. The predicted octanol–water partition coefficient (Wildman–Crippen LogP) is 8.36. The summed E-state index contributed by atoms with van der Waals surface area (Å²) >= 11 is 0. The maximum atomic E-state index is 2.33. The van der Waals surface area contributed by atoms with E-state index in [2.05, 4.69) is 76.2 Å². The third kappa shape index (κ3) is 7.06. The van der Waals surface area contributed by atoms with Crippen LogP contribution in [-0.2, 0) is 6.42 Å². The van der Waals surface area contributed by atoms with Crippen LogP contribution in [0.2, 0.25) is 0 Å². The van der Waals surface area contributed by atoms with E-state index in [0.29, 0.717) is 11.8 Å². The van der Waals surface area contributed by atoms with Gasteiger partial charge in [-0.1, -0.05) is 104 Å². The zero-order chi connectivity index (χ0) is 19.2. The van der Waals surface area contributed by atoms with Crippen molar-refractivity contribution in [3.05, 3.63) is 70.8 Å². The summed E-state index contributed by atoms with van der Waals surface area (Å²) in [6, 6.07) is 17.9. The molecule has 0 aliphatic rings. The van der Waals surface area contributed by atoms with Crippen molar-refractivity contribution in [3.8, 4) is 0 Å². The van der Waals surface area contributed by atoms with Crippen LogP contribution in [-0.4, -0.2) is 0 Å². The van der Waals surface area contributed by atoms with Crippen LogP contribution in [0.25, 0.3) is 0 Å². The van der Waals surface area contributed by atoms with Gasteiger partial charge in [0.15, 0.2) is 0 Å². The summed E-state index contributed by atoms with van der Waals surface area (Å²) in [5, 5.41) is 0. The van der Waals surface area contributed by atoms with Crippen LogP contribution in [0.3, 0.4) is 0 Å². The summed E-state index contributed by atoms with van der Waals surface area (Å²) in [5.74, 6) is 1.27. The molecule has 0 nitrogen and oxygen atoms in total. The zero-order valence-corrected chi connectivity index (χ0v) is 17.9. The lowest BCUT2D eigenvalue weighted by Gasteiger charge is -2.18. The molecule has 0 N–H and O–H groups in total. The molecule has 2 atom stereocenters. The summed E-state index contributed by atoms with van der Waals surface area (Å²) in [5.41, 5.74) is 6.00. The predicted molar refractivity (Wildman–Crippen MR) is 116 cm³/mol. The molecule has 0 heteroatoms. The van der Waals surface area contributed by atoms with Gasteiger partial charge in [-0.05, 0) is 53.4 Å². The SMILES string of the molecule is CC.CC.CCC(C)c1ccccc1Cc1ccccc1C(C)CC. The van der Waals surface area contributed by atoms with Crippen molar-refractivity contribution < 1.29 is 0 Å². The van der Waals surface area contributed by atoms with Crippen molar-refractivity contribution >= 4 is 0 Å². The molecule has 0 bridgehead atoms. The monoisotopic (exact) mass is 340 g/mol. The second-order valence-electron chi connectivity index (χ2n) is 6.19. The van der Waals surface area contributed by atoms with Crippen molar-refractivity contribution in [1.82, 2.24) is 0 Å². The van der Waals surface area contributed by atoms with E-state index < -0.39 is 0 Å². The molecule has 2 unspecified atom stereocenters. The van der Waals surface area contributed by atoms with Gasteiger partial charge in [0, 0.05) is 0 Å². The molecule has 0 radical (unpaired) electrons. The molecule has 0 heterocycles. The third-order valence-corrected chi connectivity index (χ3v) is 4.78. The summed E-state index contributed by atoms with van der Waals surface area (Å²) in [7, 11) is 0.